The van der Waals surface area contributed by atoms with E-state index in [1.807, 2.05) is 0 Å². The third kappa shape index (κ3) is 10.4. The summed E-state index contributed by atoms with van der Waals surface area (Å²) in [5, 5.41) is 11.7. The Hall–Kier alpha value is -2.61. The number of anilines is 1. The number of fused-ring (bicyclic) bond motifs is 4. The van der Waals surface area contributed by atoms with Crippen LogP contribution in [0.5, 0.6) is 5.88 Å². The lowest BCUT2D eigenvalue weighted by molar-refractivity contribution is -0.118. The Bertz CT molecular complexity index is 2120. The van der Waals surface area contributed by atoms with Gasteiger partial charge in [0.1, 0.15) is 30.7 Å². The van der Waals surface area contributed by atoms with E-state index in [2.05, 4.69) is 70.2 Å². The van der Waals surface area contributed by atoms with Crippen LogP contribution in [0.1, 0.15) is 60.1 Å². The highest BCUT2D eigenvalue weighted by Gasteiger charge is 2.55. The average molecular weight is 887 g/mol. The number of hydrogen-bond acceptors (Lipinski definition) is 17. The molecule has 24 heteroatoms. The lowest BCUT2D eigenvalue weighted by Crippen LogP contribution is -2.50. The molecular weight excluding hydrogens is 839 g/mol. The molecule has 5 heterocycles. The van der Waals surface area contributed by atoms with Crippen LogP contribution >= 0.6 is 13.4 Å². The van der Waals surface area contributed by atoms with Crippen molar-refractivity contribution in [1.29, 1.82) is 5.26 Å². The molecule has 3 fully saturated rings. The predicted molar refractivity (Wildman–Crippen MR) is 215 cm³/mol. The number of imidazole rings is 1. The van der Waals surface area contributed by atoms with Crippen LogP contribution in [0, 0.1) is 23.2 Å². The van der Waals surface area contributed by atoms with Gasteiger partial charge in [0, 0.05) is 30.5 Å². The van der Waals surface area contributed by atoms with Gasteiger partial charge in [-0.3, -0.25) is 29.0 Å². The zero-order valence-corrected chi connectivity index (χ0v) is 37.0. The van der Waals surface area contributed by atoms with Crippen molar-refractivity contribution >= 4 is 68.4 Å². The standard InChI is InChI=1S/C33H48N8O11P2S2Si/c1-19(2)29(42)39-32-38-28-25(30(43)40-32)37-18-41(28)31-27-26(52-57(6,7)33(3,4)5)23(49-31)16-46-53(44,55)50-22-14-21(48-24-9-11-35-17-36-24)13-20(22)15-47-54(56,51-27)45-12-8-10-34/h9,11,17-23,26-27,31H,8,12-16H2,1-7H3,(H,44,55)(H2,38,39,40,42,43)/t20-,21-,22+,23-,26-,27-,31-,53?,54-/m1/s1. The highest BCUT2D eigenvalue weighted by Crippen LogP contribution is 2.58. The fourth-order valence-electron chi connectivity index (χ4n) is 6.23. The van der Waals surface area contributed by atoms with Crippen molar-refractivity contribution < 1.29 is 46.2 Å². The Labute approximate surface area is 341 Å². The largest absolute Gasteiger partial charge is 0.474 e. The summed E-state index contributed by atoms with van der Waals surface area (Å²) in [5.41, 5.74) is -0.588. The first-order chi connectivity index (χ1) is 26.8. The van der Waals surface area contributed by atoms with Gasteiger partial charge in [0.15, 0.2) is 25.7 Å². The molecule has 3 aromatic rings. The quantitative estimate of drug-likeness (QED) is 0.140. The van der Waals surface area contributed by atoms with E-state index in [9.17, 15) is 19.7 Å². The third-order valence-corrected chi connectivity index (χ3v) is 18.7. The van der Waals surface area contributed by atoms with Crippen molar-refractivity contribution in [2.24, 2.45) is 11.8 Å². The van der Waals surface area contributed by atoms with Crippen LogP contribution in [0.4, 0.5) is 5.95 Å². The van der Waals surface area contributed by atoms with Crippen LogP contribution < -0.4 is 15.6 Å². The Kier molecular flexibility index (Phi) is 13.5. The van der Waals surface area contributed by atoms with Crippen molar-refractivity contribution in [3.05, 3.63) is 35.3 Å². The fraction of sp³-hybridized carbons (Fsp3) is 0.667. The summed E-state index contributed by atoms with van der Waals surface area (Å²) >= 11 is 11.7. The molecular formula is C33H48N8O11P2S2Si. The summed E-state index contributed by atoms with van der Waals surface area (Å²) in [6, 6.07) is 3.69. The van der Waals surface area contributed by atoms with Gasteiger partial charge in [-0.2, -0.15) is 10.2 Å². The van der Waals surface area contributed by atoms with Gasteiger partial charge in [-0.05, 0) is 48.2 Å². The first-order valence-corrected chi connectivity index (χ1v) is 26.5. The van der Waals surface area contributed by atoms with Crippen LogP contribution in [-0.4, -0.2) is 98.9 Å². The van der Waals surface area contributed by atoms with Gasteiger partial charge in [0.2, 0.25) is 17.7 Å². The van der Waals surface area contributed by atoms with Crippen molar-refractivity contribution in [1.82, 2.24) is 29.5 Å². The van der Waals surface area contributed by atoms with Gasteiger partial charge in [-0.1, -0.05) is 34.6 Å². The molecule has 1 saturated carbocycles. The number of hydrogen-bond donors (Lipinski definition) is 3. The molecule has 2 bridgehead atoms. The van der Waals surface area contributed by atoms with Gasteiger partial charge in [0.05, 0.1) is 44.7 Å². The summed E-state index contributed by atoms with van der Waals surface area (Å²) in [6.07, 6.45) is -0.241. The molecule has 3 aliphatic rings. The minimum Gasteiger partial charge on any atom is -0.474 e. The van der Waals surface area contributed by atoms with Gasteiger partial charge in [-0.25, -0.2) is 15.0 Å². The average Bonchev–Trinajstić information content (AvgIpc) is 3.81. The molecule has 57 heavy (non-hydrogen) atoms. The number of nitrogens with one attached hydrogen (secondary N) is 2. The Morgan fingerprint density at radius 2 is 1.96 bits per heavy atom. The number of carbonyl (C=O) groups is 1. The molecule has 0 aromatic carbocycles. The topological polar surface area (TPSA) is 236 Å². The summed E-state index contributed by atoms with van der Waals surface area (Å²) in [4.78, 5) is 56.9. The molecule has 1 aliphatic carbocycles. The van der Waals surface area contributed by atoms with Crippen LogP contribution in [-0.2, 0) is 60.2 Å². The van der Waals surface area contributed by atoms with E-state index in [1.54, 1.807) is 26.1 Å². The van der Waals surface area contributed by atoms with E-state index >= 15 is 0 Å². The van der Waals surface area contributed by atoms with Crippen LogP contribution in [0.3, 0.4) is 0 Å². The molecule has 312 valence electrons. The number of nitrogens with zero attached hydrogens (tertiary/aromatic N) is 6. The van der Waals surface area contributed by atoms with Crippen LogP contribution in [0.2, 0.25) is 18.1 Å². The molecule has 2 aliphatic heterocycles. The highest BCUT2D eigenvalue weighted by molar-refractivity contribution is 8.07. The first kappa shape index (κ1) is 44.0. The van der Waals surface area contributed by atoms with Gasteiger partial charge in [0.25, 0.3) is 5.56 Å². The van der Waals surface area contributed by atoms with Crippen molar-refractivity contribution in [2.45, 2.75) is 109 Å². The second-order valence-electron chi connectivity index (χ2n) is 15.8. The SMILES string of the molecule is CC(C)C(=O)Nc1nc2c(ncn2[C@@H]2O[C@@H]3COP(O)(=S)O[C@H]4C[C@H](Oc5ccncn5)C[C@@H]4CO[P@](=S)(OCCC#N)O[C@@H]2[C@@H]3O[Si](C)(C)C(C)(C)C)c(=O)[nH]1. The molecule has 1 unspecified atom stereocenters. The summed E-state index contributed by atoms with van der Waals surface area (Å²) in [6.45, 7) is 5.53. The maximum Gasteiger partial charge on any atom is 0.327 e. The van der Waals surface area contributed by atoms with Crippen LogP contribution in [0.15, 0.2) is 29.7 Å². The lowest BCUT2D eigenvalue weighted by atomic mass is 10.1. The molecule has 0 spiro atoms. The third-order valence-electron chi connectivity index (χ3n) is 10.3. The van der Waals surface area contributed by atoms with E-state index < -0.39 is 75.9 Å². The smallest absolute Gasteiger partial charge is 0.327 e. The normalized spacial score (nSPS) is 31.2. The Morgan fingerprint density at radius 1 is 1.19 bits per heavy atom. The van der Waals surface area contributed by atoms with Crippen molar-refractivity contribution in [2.75, 3.05) is 25.1 Å². The first-order valence-electron chi connectivity index (χ1n) is 18.4. The second kappa shape index (κ2) is 17.5. The van der Waals surface area contributed by atoms with E-state index in [0.717, 1.165) is 0 Å². The van der Waals surface area contributed by atoms with E-state index in [0.29, 0.717) is 18.7 Å². The molecule has 19 nitrogen and oxygen atoms in total. The summed E-state index contributed by atoms with van der Waals surface area (Å²) in [7, 11) is -2.66. The maximum absolute atomic E-state index is 13.2. The predicted octanol–water partition coefficient (Wildman–Crippen LogP) is 4.84. The molecule has 0 radical (unpaired) electrons. The number of ether oxygens (including phenoxy) is 2. The van der Waals surface area contributed by atoms with Crippen LogP contribution in [0.25, 0.3) is 11.2 Å². The van der Waals surface area contributed by atoms with E-state index in [4.69, 9.17) is 60.1 Å². The molecule has 3 aromatic heterocycles. The maximum atomic E-state index is 13.2. The van der Waals surface area contributed by atoms with Gasteiger partial charge in [-0.15, -0.1) is 0 Å². The molecule has 6 rings (SSSR count). The lowest BCUT2D eigenvalue weighted by Gasteiger charge is -2.41. The molecule has 3 N–H and O–H groups in total. The number of rotatable bonds is 10. The zero-order valence-electron chi connectivity index (χ0n) is 32.6. The van der Waals surface area contributed by atoms with Gasteiger partial charge >= 0.3 is 13.4 Å². The molecule has 1 amide bonds. The number of H-pyrrole nitrogens is 1. The Balaban J connectivity index is 1.42. The monoisotopic (exact) mass is 886 g/mol. The van der Waals surface area contributed by atoms with Gasteiger partial charge < -0.3 is 36.9 Å². The summed E-state index contributed by atoms with van der Waals surface area (Å²) < 4.78 is 52.9. The number of nitriles is 1. The fourth-order valence-corrected chi connectivity index (χ4v) is 11.2. The van der Waals surface area contributed by atoms with E-state index in [1.165, 1.54) is 17.2 Å². The van der Waals surface area contributed by atoms with Crippen molar-refractivity contribution in [3.63, 3.8) is 0 Å². The number of carbonyl (C=O) groups excluding carboxylic acids is 1. The summed E-state index contributed by atoms with van der Waals surface area (Å²) in [5.74, 6) is -0.918. The minimum absolute atomic E-state index is 0.00271. The number of aromatic amines is 1. The highest BCUT2D eigenvalue weighted by atomic mass is 32.5. The van der Waals surface area contributed by atoms with E-state index in [-0.39, 0.29) is 54.3 Å². The minimum atomic E-state index is -3.95. The van der Waals surface area contributed by atoms with Crippen molar-refractivity contribution in [3.8, 4) is 11.9 Å². The molecule has 9 atom stereocenters. The zero-order chi connectivity index (χ0) is 41.3. The number of amides is 1. The number of aromatic nitrogens is 6. The second-order valence-corrected chi connectivity index (χ2v) is 26.3. The Morgan fingerprint density at radius 3 is 2.65 bits per heavy atom. The molecule has 2 saturated heterocycles.